The van der Waals surface area contributed by atoms with Crippen molar-refractivity contribution in [3.05, 3.63) is 35.4 Å². The molecule has 0 bridgehead atoms. The van der Waals surface area contributed by atoms with E-state index in [1.165, 1.54) is 6.07 Å². The largest absolute Gasteiger partial charge is 0.415 e. The smallest absolute Gasteiger partial charge is 0.192 e. The normalized spacial score (nSPS) is 15.9. The van der Waals surface area contributed by atoms with Gasteiger partial charge in [-0.2, -0.15) is 0 Å². The van der Waals surface area contributed by atoms with E-state index in [2.05, 4.69) is 38.6 Å². The fourth-order valence-corrected chi connectivity index (χ4v) is 3.57. The number of halogens is 2. The summed E-state index contributed by atoms with van der Waals surface area (Å²) in [5.41, 5.74) is 0.523. The Balaban J connectivity index is 3.07. The molecule has 1 aromatic carbocycles. The van der Waals surface area contributed by atoms with Gasteiger partial charge in [0.05, 0.1) is 28.4 Å². The second kappa shape index (κ2) is 7.94. The van der Waals surface area contributed by atoms with E-state index in [9.17, 15) is 13.0 Å². The minimum absolute atomic E-state index is 0.0226. The van der Waals surface area contributed by atoms with E-state index < -0.39 is 41.7 Å². The van der Waals surface area contributed by atoms with Gasteiger partial charge in [0, 0.05) is 0 Å². The maximum Gasteiger partial charge on any atom is 0.192 e. The first-order valence-electron chi connectivity index (χ1n) is 8.42. The van der Waals surface area contributed by atoms with Gasteiger partial charge in [0.2, 0.25) is 0 Å². The van der Waals surface area contributed by atoms with Crippen LogP contribution in [0.25, 0.3) is 0 Å². The van der Waals surface area contributed by atoms with Gasteiger partial charge in [-0.25, -0.2) is 17.7 Å². The van der Waals surface area contributed by atoms with Crippen molar-refractivity contribution in [3.63, 3.8) is 0 Å². The Morgan fingerprint density at radius 1 is 1.12 bits per heavy atom. The van der Waals surface area contributed by atoms with Crippen LogP contribution in [0.1, 0.15) is 53.1 Å². The molecule has 2 atom stereocenters. The molecule has 0 amide bonds. The highest BCUT2D eigenvalue weighted by molar-refractivity contribution is 7.84. The van der Waals surface area contributed by atoms with Crippen LogP contribution in [0.3, 0.4) is 0 Å². The monoisotopic (exact) mass is 391 g/mol. The average molecular weight is 392 g/mol. The first-order valence-corrected chi connectivity index (χ1v) is 12.5. The molecule has 0 saturated carbocycles. The van der Waals surface area contributed by atoms with E-state index in [1.807, 2.05) is 20.8 Å². The van der Waals surface area contributed by atoms with Gasteiger partial charge in [0.1, 0.15) is 0 Å². The van der Waals surface area contributed by atoms with Gasteiger partial charge in [0.15, 0.2) is 20.0 Å². The molecule has 0 radical (unpaired) electrons. The lowest BCUT2D eigenvalue weighted by molar-refractivity contribution is 0.257. The molecular weight excluding hydrogens is 360 g/mol. The standard InChI is InChI=1S/C18H31F2NO2SSi/c1-17(2,3)24(22)21-16(12-23-25(7,8)18(4,5)6)13-9-10-14(19)15(20)11-13/h9-11,16,21H,12H2,1-8H3/t16-,24?/m1/s1. The van der Waals surface area contributed by atoms with Crippen molar-refractivity contribution in [3.8, 4) is 0 Å². The summed E-state index contributed by atoms with van der Waals surface area (Å²) in [6, 6.07) is 3.25. The van der Waals surface area contributed by atoms with Crippen LogP contribution >= 0.6 is 0 Å². The fourth-order valence-electron chi connectivity index (χ4n) is 1.74. The predicted octanol–water partition coefficient (Wildman–Crippen LogP) is 5.08. The van der Waals surface area contributed by atoms with Gasteiger partial charge in [-0.15, -0.1) is 0 Å². The number of nitrogens with one attached hydrogen (secondary N) is 1. The zero-order valence-electron chi connectivity index (χ0n) is 16.5. The molecule has 1 unspecified atom stereocenters. The predicted molar refractivity (Wildman–Crippen MR) is 103 cm³/mol. The Kier molecular flexibility index (Phi) is 7.12. The van der Waals surface area contributed by atoms with Crippen molar-refractivity contribution in [2.45, 2.75) is 70.5 Å². The molecule has 0 aliphatic carbocycles. The van der Waals surface area contributed by atoms with Crippen molar-refractivity contribution in [1.29, 1.82) is 0 Å². The van der Waals surface area contributed by atoms with Crippen LogP contribution in [0.5, 0.6) is 0 Å². The van der Waals surface area contributed by atoms with Crippen LogP contribution in [-0.2, 0) is 15.4 Å². The second-order valence-electron chi connectivity index (χ2n) is 8.80. The van der Waals surface area contributed by atoms with Crippen molar-refractivity contribution in [2.75, 3.05) is 6.61 Å². The molecule has 0 spiro atoms. The number of hydrogen-bond donors (Lipinski definition) is 1. The highest BCUT2D eigenvalue weighted by Gasteiger charge is 2.38. The van der Waals surface area contributed by atoms with Gasteiger partial charge < -0.3 is 4.43 Å². The Morgan fingerprint density at radius 2 is 1.68 bits per heavy atom. The Labute approximate surface area is 154 Å². The lowest BCUT2D eigenvalue weighted by Crippen LogP contribution is -2.44. The number of rotatable bonds is 6. The summed E-state index contributed by atoms with van der Waals surface area (Å²) in [4.78, 5) is 0. The van der Waals surface area contributed by atoms with Crippen molar-refractivity contribution >= 4 is 19.3 Å². The van der Waals surface area contributed by atoms with Crippen molar-refractivity contribution in [1.82, 2.24) is 4.72 Å². The van der Waals surface area contributed by atoms with Crippen LogP contribution in [0, 0.1) is 11.6 Å². The number of hydrogen-bond acceptors (Lipinski definition) is 2. The number of benzene rings is 1. The zero-order valence-corrected chi connectivity index (χ0v) is 18.3. The van der Waals surface area contributed by atoms with Crippen molar-refractivity contribution in [2.24, 2.45) is 0 Å². The van der Waals surface area contributed by atoms with E-state index >= 15 is 0 Å². The molecule has 7 heteroatoms. The van der Waals surface area contributed by atoms with Gasteiger partial charge in [-0.1, -0.05) is 26.8 Å². The third-order valence-corrected chi connectivity index (χ3v) is 10.7. The SMILES string of the molecule is CC(C)(C)S(=O)N[C@H](CO[Si](C)(C)C(C)(C)C)c1ccc(F)c(F)c1. The molecule has 0 saturated heterocycles. The van der Waals surface area contributed by atoms with Crippen LogP contribution in [0.4, 0.5) is 8.78 Å². The highest BCUT2D eigenvalue weighted by atomic mass is 32.2. The molecule has 0 heterocycles. The lowest BCUT2D eigenvalue weighted by Gasteiger charge is -2.37. The van der Waals surface area contributed by atoms with Crippen molar-refractivity contribution < 1.29 is 17.4 Å². The summed E-state index contributed by atoms with van der Waals surface area (Å²) in [6.45, 7) is 16.5. The molecule has 1 N–H and O–H groups in total. The third-order valence-electron chi connectivity index (χ3n) is 4.57. The minimum atomic E-state index is -2.03. The molecule has 1 rings (SSSR count). The van der Waals surface area contributed by atoms with Gasteiger partial charge in [-0.3, -0.25) is 0 Å². The summed E-state index contributed by atoms with van der Waals surface area (Å²) in [6.07, 6.45) is 0. The maximum absolute atomic E-state index is 13.7. The van der Waals surface area contributed by atoms with Crippen LogP contribution < -0.4 is 4.72 Å². The molecule has 0 aliphatic heterocycles. The van der Waals surface area contributed by atoms with E-state index in [1.54, 1.807) is 0 Å². The van der Waals surface area contributed by atoms with E-state index in [4.69, 9.17) is 4.43 Å². The van der Waals surface area contributed by atoms with E-state index in [-0.39, 0.29) is 11.6 Å². The minimum Gasteiger partial charge on any atom is -0.415 e. The van der Waals surface area contributed by atoms with Crippen LogP contribution in [0.2, 0.25) is 18.1 Å². The molecule has 3 nitrogen and oxygen atoms in total. The maximum atomic E-state index is 13.7. The lowest BCUT2D eigenvalue weighted by atomic mass is 10.1. The van der Waals surface area contributed by atoms with Gasteiger partial charge in [-0.05, 0) is 56.6 Å². The van der Waals surface area contributed by atoms with E-state index in [0.29, 0.717) is 5.56 Å². The third kappa shape index (κ3) is 6.23. The first kappa shape index (κ1) is 22.4. The van der Waals surface area contributed by atoms with Gasteiger partial charge in [0.25, 0.3) is 0 Å². The summed E-state index contributed by atoms with van der Waals surface area (Å²) >= 11 is 0. The zero-order chi connectivity index (χ0) is 19.6. The van der Waals surface area contributed by atoms with E-state index in [0.717, 1.165) is 12.1 Å². The average Bonchev–Trinajstić information content (AvgIpc) is 2.44. The van der Waals surface area contributed by atoms with Gasteiger partial charge >= 0.3 is 0 Å². The highest BCUT2D eigenvalue weighted by Crippen LogP contribution is 2.37. The Morgan fingerprint density at radius 3 is 2.12 bits per heavy atom. The molecule has 0 aromatic heterocycles. The fraction of sp³-hybridized carbons (Fsp3) is 0.667. The second-order valence-corrected chi connectivity index (χ2v) is 15.6. The summed E-state index contributed by atoms with van der Waals surface area (Å²) in [5, 5.41) is 0.0226. The quantitative estimate of drug-likeness (QED) is 0.687. The molecule has 0 fully saturated rings. The summed E-state index contributed by atoms with van der Waals surface area (Å²) < 4.78 is 48.2. The summed E-state index contributed by atoms with van der Waals surface area (Å²) in [7, 11) is -3.39. The first-order chi connectivity index (χ1) is 11.1. The molecule has 25 heavy (non-hydrogen) atoms. The van der Waals surface area contributed by atoms with Crippen LogP contribution in [-0.4, -0.2) is 23.9 Å². The molecule has 1 aromatic rings. The Bertz CT molecular complexity index is 624. The Hall–Kier alpha value is -0.633. The molecule has 0 aliphatic rings. The van der Waals surface area contributed by atoms with Crippen LogP contribution in [0.15, 0.2) is 18.2 Å². The molecule has 144 valence electrons. The summed E-state index contributed by atoms with van der Waals surface area (Å²) in [5.74, 6) is -1.82. The molecular formula is C18H31F2NO2SSi. The topological polar surface area (TPSA) is 38.3 Å².